The van der Waals surface area contributed by atoms with Gasteiger partial charge in [0.15, 0.2) is 0 Å². The minimum atomic E-state index is -0.370. The van der Waals surface area contributed by atoms with E-state index in [0.29, 0.717) is 16.6 Å². The van der Waals surface area contributed by atoms with Gasteiger partial charge >= 0.3 is 0 Å². The zero-order valence-electron chi connectivity index (χ0n) is 11.3. The van der Waals surface area contributed by atoms with E-state index in [4.69, 9.17) is 11.6 Å². The van der Waals surface area contributed by atoms with Crippen molar-refractivity contribution in [2.45, 2.75) is 25.3 Å². The van der Waals surface area contributed by atoms with Crippen LogP contribution in [0.5, 0.6) is 0 Å². The van der Waals surface area contributed by atoms with Gasteiger partial charge in [-0.15, -0.1) is 0 Å². The third-order valence-electron chi connectivity index (χ3n) is 4.30. The van der Waals surface area contributed by atoms with Crippen LogP contribution >= 0.6 is 11.6 Å². The second kappa shape index (κ2) is 5.70. The Hall–Kier alpha value is -1.13. The average Bonchev–Trinajstić information content (AvgIpc) is 2.89. The molecule has 1 amide bonds. The summed E-state index contributed by atoms with van der Waals surface area (Å²) in [6, 6.07) is 4.74. The Kier molecular flexibility index (Phi) is 3.94. The highest BCUT2D eigenvalue weighted by molar-refractivity contribution is 6.31. The SMILES string of the molecule is O=C(Cc1ccc(F)cc1Cl)N1CCN2CCC[C@H]2C1. The van der Waals surface area contributed by atoms with E-state index in [0.717, 1.165) is 26.2 Å². The molecule has 0 bridgehead atoms. The van der Waals surface area contributed by atoms with E-state index in [2.05, 4.69) is 4.90 Å². The maximum Gasteiger partial charge on any atom is 0.227 e. The summed E-state index contributed by atoms with van der Waals surface area (Å²) in [6.45, 7) is 3.73. The second-order valence-electron chi connectivity index (χ2n) is 5.58. The molecule has 0 aromatic heterocycles. The van der Waals surface area contributed by atoms with Gasteiger partial charge in [-0.3, -0.25) is 9.69 Å². The lowest BCUT2D eigenvalue weighted by atomic mass is 10.1. The number of benzene rings is 1. The Balaban J connectivity index is 1.64. The molecule has 2 saturated heterocycles. The Morgan fingerprint density at radius 1 is 1.35 bits per heavy atom. The zero-order valence-corrected chi connectivity index (χ0v) is 12.1. The third kappa shape index (κ3) is 2.81. The van der Waals surface area contributed by atoms with Crippen molar-refractivity contribution in [1.82, 2.24) is 9.80 Å². The molecule has 0 spiro atoms. The van der Waals surface area contributed by atoms with Crippen LogP contribution in [0.4, 0.5) is 4.39 Å². The van der Waals surface area contributed by atoms with Gasteiger partial charge in [0.25, 0.3) is 0 Å². The van der Waals surface area contributed by atoms with Crippen LogP contribution in [-0.2, 0) is 11.2 Å². The van der Waals surface area contributed by atoms with Gasteiger partial charge in [0.2, 0.25) is 5.91 Å². The fourth-order valence-corrected chi connectivity index (χ4v) is 3.39. The molecule has 0 radical (unpaired) electrons. The first-order valence-electron chi connectivity index (χ1n) is 7.09. The Morgan fingerprint density at radius 2 is 2.20 bits per heavy atom. The Labute approximate surface area is 123 Å². The van der Waals surface area contributed by atoms with Crippen molar-refractivity contribution in [1.29, 1.82) is 0 Å². The molecular formula is C15H18ClFN2O. The molecule has 3 nitrogen and oxygen atoms in total. The first-order valence-corrected chi connectivity index (χ1v) is 7.47. The monoisotopic (exact) mass is 296 g/mol. The third-order valence-corrected chi connectivity index (χ3v) is 4.65. The number of fused-ring (bicyclic) bond motifs is 1. The van der Waals surface area contributed by atoms with Crippen LogP contribution in [-0.4, -0.2) is 47.9 Å². The summed E-state index contributed by atoms with van der Waals surface area (Å²) in [5.41, 5.74) is 0.701. The molecule has 108 valence electrons. The minimum Gasteiger partial charge on any atom is -0.340 e. The van der Waals surface area contributed by atoms with Gasteiger partial charge in [-0.2, -0.15) is 0 Å². The molecule has 0 unspecified atom stereocenters. The Bertz CT molecular complexity index is 523. The fourth-order valence-electron chi connectivity index (χ4n) is 3.16. The normalized spacial score (nSPS) is 22.9. The highest BCUT2D eigenvalue weighted by Crippen LogP contribution is 2.23. The molecule has 2 aliphatic heterocycles. The van der Waals surface area contributed by atoms with Crippen LogP contribution < -0.4 is 0 Å². The summed E-state index contributed by atoms with van der Waals surface area (Å²) < 4.78 is 13.0. The number of halogens is 2. The first kappa shape index (κ1) is 13.8. The predicted octanol–water partition coefficient (Wildman–Crippen LogP) is 2.33. The lowest BCUT2D eigenvalue weighted by Crippen LogP contribution is -2.52. The van der Waals surface area contributed by atoms with Crippen LogP contribution in [0.3, 0.4) is 0 Å². The van der Waals surface area contributed by atoms with Crippen LogP contribution in [0.15, 0.2) is 18.2 Å². The molecule has 1 aromatic carbocycles. The lowest BCUT2D eigenvalue weighted by Gasteiger charge is -2.37. The maximum absolute atomic E-state index is 13.0. The van der Waals surface area contributed by atoms with Crippen molar-refractivity contribution >= 4 is 17.5 Å². The van der Waals surface area contributed by atoms with Gasteiger partial charge in [-0.25, -0.2) is 4.39 Å². The van der Waals surface area contributed by atoms with Crippen LogP contribution in [0.2, 0.25) is 5.02 Å². The molecule has 1 atom stereocenters. The van der Waals surface area contributed by atoms with Crippen molar-refractivity contribution in [2.24, 2.45) is 0 Å². The minimum absolute atomic E-state index is 0.0880. The highest BCUT2D eigenvalue weighted by Gasteiger charge is 2.32. The standard InChI is InChI=1S/C15H18ClFN2O/c16-14-9-12(17)4-3-11(14)8-15(20)19-7-6-18-5-1-2-13(18)10-19/h3-4,9,13H,1-2,5-8,10H2/t13-/m0/s1. The van der Waals surface area contributed by atoms with Crippen molar-refractivity contribution in [3.8, 4) is 0 Å². The summed E-state index contributed by atoms with van der Waals surface area (Å²) in [5, 5.41) is 0.331. The van der Waals surface area contributed by atoms with E-state index in [1.54, 1.807) is 6.07 Å². The molecule has 0 N–H and O–H groups in total. The molecule has 20 heavy (non-hydrogen) atoms. The van der Waals surface area contributed by atoms with Gasteiger partial charge in [-0.05, 0) is 37.1 Å². The quantitative estimate of drug-likeness (QED) is 0.836. The van der Waals surface area contributed by atoms with E-state index >= 15 is 0 Å². The van der Waals surface area contributed by atoms with Crippen LogP contribution in [0, 0.1) is 5.82 Å². The molecule has 2 fully saturated rings. The van der Waals surface area contributed by atoms with Gasteiger partial charge in [0.05, 0.1) is 6.42 Å². The number of nitrogens with zero attached hydrogens (tertiary/aromatic N) is 2. The maximum atomic E-state index is 13.0. The molecule has 0 aliphatic carbocycles. The number of rotatable bonds is 2. The van der Waals surface area contributed by atoms with E-state index in [9.17, 15) is 9.18 Å². The first-order chi connectivity index (χ1) is 9.63. The Morgan fingerprint density at radius 3 is 3.00 bits per heavy atom. The van der Waals surface area contributed by atoms with Crippen LogP contribution in [0.1, 0.15) is 18.4 Å². The fraction of sp³-hybridized carbons (Fsp3) is 0.533. The van der Waals surface area contributed by atoms with Gasteiger partial charge in [-0.1, -0.05) is 17.7 Å². The number of carbonyl (C=O) groups excluding carboxylic acids is 1. The van der Waals surface area contributed by atoms with Crippen molar-refractivity contribution in [2.75, 3.05) is 26.2 Å². The summed E-state index contributed by atoms with van der Waals surface area (Å²) >= 11 is 5.98. The number of hydrogen-bond donors (Lipinski definition) is 0. The molecular weight excluding hydrogens is 279 g/mol. The number of carbonyl (C=O) groups is 1. The largest absolute Gasteiger partial charge is 0.340 e. The smallest absolute Gasteiger partial charge is 0.227 e. The van der Waals surface area contributed by atoms with Crippen molar-refractivity contribution in [3.63, 3.8) is 0 Å². The second-order valence-corrected chi connectivity index (χ2v) is 5.99. The molecule has 2 heterocycles. The van der Waals surface area contributed by atoms with Gasteiger partial charge in [0, 0.05) is 30.7 Å². The molecule has 0 saturated carbocycles. The van der Waals surface area contributed by atoms with E-state index in [1.165, 1.54) is 25.0 Å². The summed E-state index contributed by atoms with van der Waals surface area (Å²) in [4.78, 5) is 16.7. The molecule has 1 aromatic rings. The van der Waals surface area contributed by atoms with E-state index in [1.807, 2.05) is 4.90 Å². The van der Waals surface area contributed by atoms with Gasteiger partial charge < -0.3 is 4.90 Å². The highest BCUT2D eigenvalue weighted by atomic mass is 35.5. The summed E-state index contributed by atoms with van der Waals surface area (Å²) in [7, 11) is 0. The van der Waals surface area contributed by atoms with Gasteiger partial charge in [0.1, 0.15) is 5.82 Å². The van der Waals surface area contributed by atoms with Crippen LogP contribution in [0.25, 0.3) is 0 Å². The molecule has 3 rings (SSSR count). The zero-order chi connectivity index (χ0) is 14.1. The molecule has 5 heteroatoms. The number of hydrogen-bond acceptors (Lipinski definition) is 2. The predicted molar refractivity (Wildman–Crippen MR) is 76.3 cm³/mol. The summed E-state index contributed by atoms with van der Waals surface area (Å²) in [6.07, 6.45) is 2.67. The average molecular weight is 297 g/mol. The topological polar surface area (TPSA) is 23.6 Å². The van der Waals surface area contributed by atoms with E-state index < -0.39 is 0 Å². The molecule has 2 aliphatic rings. The number of piperazine rings is 1. The number of amides is 1. The van der Waals surface area contributed by atoms with E-state index in [-0.39, 0.29) is 18.1 Å². The summed E-state index contributed by atoms with van der Waals surface area (Å²) in [5.74, 6) is -0.282. The lowest BCUT2D eigenvalue weighted by molar-refractivity contribution is -0.133. The van der Waals surface area contributed by atoms with Crippen molar-refractivity contribution < 1.29 is 9.18 Å². The van der Waals surface area contributed by atoms with Crippen molar-refractivity contribution in [3.05, 3.63) is 34.6 Å².